The van der Waals surface area contributed by atoms with Crippen LogP contribution in [-0.4, -0.2) is 58.0 Å². The summed E-state index contributed by atoms with van der Waals surface area (Å²) < 4.78 is 1.86. The van der Waals surface area contributed by atoms with E-state index in [1.165, 1.54) is 12.0 Å². The van der Waals surface area contributed by atoms with E-state index in [4.69, 9.17) is 4.98 Å². The molecular formula is C27H36N4O2. The molecule has 1 aromatic carbocycles. The van der Waals surface area contributed by atoms with Crippen LogP contribution in [0, 0.1) is 0 Å². The molecular weight excluding hydrogens is 412 g/mol. The monoisotopic (exact) mass is 448 g/mol. The van der Waals surface area contributed by atoms with E-state index in [-0.39, 0.29) is 17.4 Å². The Kier molecular flexibility index (Phi) is 6.91. The van der Waals surface area contributed by atoms with Crippen LogP contribution in [0.4, 0.5) is 0 Å². The van der Waals surface area contributed by atoms with Crippen LogP contribution >= 0.6 is 0 Å². The third-order valence-corrected chi connectivity index (χ3v) is 7.72. The van der Waals surface area contributed by atoms with Crippen LogP contribution in [0.1, 0.15) is 73.9 Å². The molecule has 1 aromatic heterocycles. The fourth-order valence-electron chi connectivity index (χ4n) is 5.88. The molecule has 0 bridgehead atoms. The average molecular weight is 449 g/mol. The molecule has 2 saturated heterocycles. The summed E-state index contributed by atoms with van der Waals surface area (Å²) in [5.41, 5.74) is 2.36. The molecule has 3 aliphatic rings. The molecule has 0 aliphatic carbocycles. The minimum absolute atomic E-state index is 0.0839. The quantitative estimate of drug-likeness (QED) is 0.718. The van der Waals surface area contributed by atoms with Crippen LogP contribution in [0.25, 0.3) is 0 Å². The summed E-state index contributed by atoms with van der Waals surface area (Å²) >= 11 is 0. The number of amides is 1. The molecule has 176 valence electrons. The Morgan fingerprint density at radius 2 is 1.73 bits per heavy atom. The summed E-state index contributed by atoms with van der Waals surface area (Å²) in [6.45, 7) is 4.73. The van der Waals surface area contributed by atoms with Crippen LogP contribution < -0.4 is 5.56 Å². The number of hydrogen-bond acceptors (Lipinski definition) is 4. The number of hydrogen-bond donors (Lipinski definition) is 0. The first-order valence-corrected chi connectivity index (χ1v) is 12.8. The number of aromatic nitrogens is 2. The molecule has 6 nitrogen and oxygen atoms in total. The number of fused-ring (bicyclic) bond motifs is 1. The molecule has 0 saturated carbocycles. The Labute approximate surface area is 196 Å². The van der Waals surface area contributed by atoms with Gasteiger partial charge in [-0.3, -0.25) is 19.1 Å². The Morgan fingerprint density at radius 3 is 2.61 bits per heavy atom. The second kappa shape index (κ2) is 10.2. The van der Waals surface area contributed by atoms with Gasteiger partial charge in [-0.25, -0.2) is 4.98 Å². The number of likely N-dealkylation sites (tertiary alicyclic amines) is 2. The summed E-state index contributed by atoms with van der Waals surface area (Å²) in [5, 5.41) is 0. The van der Waals surface area contributed by atoms with E-state index >= 15 is 0 Å². The number of nitrogens with zero attached hydrogens (tertiary/aromatic N) is 4. The van der Waals surface area contributed by atoms with Gasteiger partial charge in [0.05, 0.1) is 12.2 Å². The maximum atomic E-state index is 13.2. The summed E-state index contributed by atoms with van der Waals surface area (Å²) in [6, 6.07) is 12.4. The summed E-state index contributed by atoms with van der Waals surface area (Å²) in [6.07, 6.45) is 8.51. The maximum absolute atomic E-state index is 13.2. The molecule has 0 N–H and O–H groups in total. The fourth-order valence-corrected chi connectivity index (χ4v) is 5.88. The van der Waals surface area contributed by atoms with Crippen LogP contribution in [0.15, 0.2) is 41.2 Å². The molecule has 33 heavy (non-hydrogen) atoms. The summed E-state index contributed by atoms with van der Waals surface area (Å²) in [5.74, 6) is 1.85. The number of carbonyl (C=O) groups excluding carboxylic acids is 1. The fraction of sp³-hybridized carbons (Fsp3) is 0.593. The lowest BCUT2D eigenvalue weighted by molar-refractivity contribution is -0.134. The van der Waals surface area contributed by atoms with Crippen LogP contribution in [0.3, 0.4) is 0 Å². The SMILES string of the molecule is O=C(CN1CCC[C@@H](c2ccccc2)C1)N1CCC[C@H](c2cc(=O)n3c(n2)CCCCC3)C1. The number of benzene rings is 1. The van der Waals surface area contributed by atoms with Crippen molar-refractivity contribution in [2.75, 3.05) is 32.7 Å². The molecule has 1 amide bonds. The highest BCUT2D eigenvalue weighted by Crippen LogP contribution is 2.28. The van der Waals surface area contributed by atoms with E-state index < -0.39 is 0 Å². The lowest BCUT2D eigenvalue weighted by Crippen LogP contribution is -2.47. The topological polar surface area (TPSA) is 58.4 Å². The smallest absolute Gasteiger partial charge is 0.253 e. The average Bonchev–Trinajstić information content (AvgIpc) is 3.11. The third-order valence-electron chi connectivity index (χ3n) is 7.72. The van der Waals surface area contributed by atoms with E-state index in [1.54, 1.807) is 6.07 Å². The Balaban J connectivity index is 1.23. The molecule has 2 atom stereocenters. The van der Waals surface area contributed by atoms with Gasteiger partial charge in [0.2, 0.25) is 5.91 Å². The molecule has 3 aliphatic heterocycles. The first-order valence-electron chi connectivity index (χ1n) is 12.8. The van der Waals surface area contributed by atoms with Crippen molar-refractivity contribution in [3.05, 3.63) is 63.8 Å². The molecule has 5 rings (SSSR count). The Morgan fingerprint density at radius 1 is 0.909 bits per heavy atom. The van der Waals surface area contributed by atoms with Crippen molar-refractivity contribution in [2.24, 2.45) is 0 Å². The van der Waals surface area contributed by atoms with Gasteiger partial charge in [0.15, 0.2) is 0 Å². The second-order valence-electron chi connectivity index (χ2n) is 10.1. The molecule has 0 spiro atoms. The van der Waals surface area contributed by atoms with E-state index in [0.29, 0.717) is 19.0 Å². The molecule has 6 heteroatoms. The summed E-state index contributed by atoms with van der Waals surface area (Å²) in [7, 11) is 0. The van der Waals surface area contributed by atoms with Crippen molar-refractivity contribution in [1.29, 1.82) is 0 Å². The zero-order chi connectivity index (χ0) is 22.6. The van der Waals surface area contributed by atoms with Crippen LogP contribution in [0.5, 0.6) is 0 Å². The normalized spacial score (nSPS) is 24.2. The van der Waals surface area contributed by atoms with Gasteiger partial charge in [-0.05, 0) is 56.6 Å². The Hall–Kier alpha value is -2.47. The van der Waals surface area contributed by atoms with Gasteiger partial charge in [-0.2, -0.15) is 0 Å². The third kappa shape index (κ3) is 5.21. The molecule has 0 radical (unpaired) electrons. The maximum Gasteiger partial charge on any atom is 0.253 e. The number of piperidine rings is 2. The van der Waals surface area contributed by atoms with Crippen LogP contribution in [-0.2, 0) is 17.8 Å². The highest BCUT2D eigenvalue weighted by molar-refractivity contribution is 5.78. The highest BCUT2D eigenvalue weighted by atomic mass is 16.2. The first kappa shape index (κ1) is 22.3. The number of rotatable bonds is 4. The lowest BCUT2D eigenvalue weighted by atomic mass is 9.90. The van der Waals surface area contributed by atoms with Gasteiger partial charge in [0.25, 0.3) is 5.56 Å². The van der Waals surface area contributed by atoms with Crippen molar-refractivity contribution in [3.63, 3.8) is 0 Å². The standard InChI is InChI=1S/C27H36N4O2/c32-26-17-24(28-25-13-5-2-6-16-31(25)26)23-12-8-15-30(19-23)27(33)20-29-14-7-11-22(18-29)21-9-3-1-4-10-21/h1,3-4,9-10,17,22-23H,2,5-8,11-16,18-20H2/t22-,23+/m1/s1. The minimum Gasteiger partial charge on any atom is -0.341 e. The van der Waals surface area contributed by atoms with Gasteiger partial charge in [-0.1, -0.05) is 36.8 Å². The van der Waals surface area contributed by atoms with Crippen molar-refractivity contribution >= 4 is 5.91 Å². The lowest BCUT2D eigenvalue weighted by Gasteiger charge is -2.36. The van der Waals surface area contributed by atoms with Crippen molar-refractivity contribution in [2.45, 2.75) is 69.7 Å². The van der Waals surface area contributed by atoms with Gasteiger partial charge >= 0.3 is 0 Å². The van der Waals surface area contributed by atoms with Gasteiger partial charge < -0.3 is 4.90 Å². The first-order chi connectivity index (χ1) is 16.2. The largest absolute Gasteiger partial charge is 0.341 e. The van der Waals surface area contributed by atoms with E-state index in [9.17, 15) is 9.59 Å². The predicted octanol–water partition coefficient (Wildman–Crippen LogP) is 3.56. The van der Waals surface area contributed by atoms with Crippen molar-refractivity contribution in [3.8, 4) is 0 Å². The van der Waals surface area contributed by atoms with E-state index in [0.717, 1.165) is 82.6 Å². The van der Waals surface area contributed by atoms with Gasteiger partial charge in [0.1, 0.15) is 5.82 Å². The van der Waals surface area contributed by atoms with Crippen LogP contribution in [0.2, 0.25) is 0 Å². The van der Waals surface area contributed by atoms with Crippen molar-refractivity contribution < 1.29 is 4.79 Å². The van der Waals surface area contributed by atoms with Crippen molar-refractivity contribution in [1.82, 2.24) is 19.4 Å². The van der Waals surface area contributed by atoms with E-state index in [2.05, 4.69) is 35.2 Å². The second-order valence-corrected chi connectivity index (χ2v) is 10.1. The zero-order valence-corrected chi connectivity index (χ0v) is 19.6. The number of carbonyl (C=O) groups is 1. The van der Waals surface area contributed by atoms with E-state index in [1.807, 2.05) is 9.47 Å². The molecule has 0 unspecified atom stereocenters. The molecule has 2 aromatic rings. The van der Waals surface area contributed by atoms with Gasteiger partial charge in [0, 0.05) is 44.6 Å². The highest BCUT2D eigenvalue weighted by Gasteiger charge is 2.29. The predicted molar refractivity (Wildman–Crippen MR) is 129 cm³/mol. The van der Waals surface area contributed by atoms with Gasteiger partial charge in [-0.15, -0.1) is 0 Å². The molecule has 2 fully saturated rings. The zero-order valence-electron chi connectivity index (χ0n) is 19.6. The number of aryl methyl sites for hydroxylation is 1. The summed E-state index contributed by atoms with van der Waals surface area (Å²) in [4.78, 5) is 35.2. The molecule has 4 heterocycles. The minimum atomic E-state index is 0.0839. The Bertz CT molecular complexity index is 1020.